The lowest BCUT2D eigenvalue weighted by atomic mass is 9.88. The molecule has 0 spiro atoms. The Bertz CT molecular complexity index is 608. The minimum atomic E-state index is -0.381. The highest BCUT2D eigenvalue weighted by Crippen LogP contribution is 2.24. The van der Waals surface area contributed by atoms with Crippen molar-refractivity contribution in [3.05, 3.63) is 71.3 Å². The number of hydrogen-bond acceptors (Lipinski definition) is 2. The highest BCUT2D eigenvalue weighted by atomic mass is 16.1. The van der Waals surface area contributed by atoms with E-state index in [4.69, 9.17) is 5.26 Å². The molecule has 0 aliphatic rings. The normalized spacial score (nSPS) is 11.6. The average molecular weight is 263 g/mol. The number of nitrogens with zero attached hydrogens (tertiary/aromatic N) is 1. The van der Waals surface area contributed by atoms with Crippen molar-refractivity contribution in [2.75, 3.05) is 0 Å². The summed E-state index contributed by atoms with van der Waals surface area (Å²) in [6.45, 7) is 2.08. The molecule has 0 saturated carbocycles. The molecule has 0 aromatic heterocycles. The zero-order chi connectivity index (χ0) is 14.4. The average Bonchev–Trinajstić information content (AvgIpc) is 2.53. The number of carbonyl (C=O) groups is 1. The summed E-state index contributed by atoms with van der Waals surface area (Å²) < 4.78 is 0. The SMILES string of the molecule is CCc1ccc(C(=O)C(CC#N)c2ccccc2)cc1. The van der Waals surface area contributed by atoms with Crippen molar-refractivity contribution in [3.63, 3.8) is 0 Å². The van der Waals surface area contributed by atoms with Gasteiger partial charge in [-0.25, -0.2) is 0 Å². The van der Waals surface area contributed by atoms with E-state index in [1.807, 2.05) is 54.6 Å². The summed E-state index contributed by atoms with van der Waals surface area (Å²) in [5.74, 6) is -0.367. The number of aryl methyl sites for hydroxylation is 1. The molecule has 1 unspecified atom stereocenters. The highest BCUT2D eigenvalue weighted by molar-refractivity contribution is 6.01. The Morgan fingerprint density at radius 3 is 2.30 bits per heavy atom. The van der Waals surface area contributed by atoms with Gasteiger partial charge in [0.25, 0.3) is 0 Å². The minimum absolute atomic E-state index is 0.0143. The fourth-order valence-corrected chi connectivity index (χ4v) is 2.24. The van der Waals surface area contributed by atoms with Crippen LogP contribution in [-0.4, -0.2) is 5.78 Å². The van der Waals surface area contributed by atoms with Crippen molar-refractivity contribution in [1.82, 2.24) is 0 Å². The third-order valence-electron chi connectivity index (χ3n) is 3.46. The standard InChI is InChI=1S/C18H17NO/c1-2-14-8-10-16(11-9-14)18(20)17(12-13-19)15-6-4-3-5-7-15/h3-11,17H,2,12H2,1H3. The number of nitriles is 1. The van der Waals surface area contributed by atoms with Gasteiger partial charge in [-0.3, -0.25) is 4.79 Å². The molecule has 2 nitrogen and oxygen atoms in total. The van der Waals surface area contributed by atoms with Crippen molar-refractivity contribution in [1.29, 1.82) is 5.26 Å². The van der Waals surface area contributed by atoms with Crippen LogP contribution in [0.3, 0.4) is 0 Å². The molecule has 0 bridgehead atoms. The Labute approximate surface area is 119 Å². The Kier molecular flexibility index (Phi) is 4.68. The van der Waals surface area contributed by atoms with Crippen LogP contribution in [0.4, 0.5) is 0 Å². The van der Waals surface area contributed by atoms with Gasteiger partial charge in [-0.05, 0) is 17.5 Å². The monoisotopic (exact) mass is 263 g/mol. The first-order valence-electron chi connectivity index (χ1n) is 6.81. The van der Waals surface area contributed by atoms with Crippen LogP contribution in [0.1, 0.15) is 40.7 Å². The minimum Gasteiger partial charge on any atom is -0.293 e. The fraction of sp³-hybridized carbons (Fsp3) is 0.222. The van der Waals surface area contributed by atoms with Crippen LogP contribution in [0.2, 0.25) is 0 Å². The summed E-state index contributed by atoms with van der Waals surface area (Å²) in [6, 6.07) is 19.3. The quantitative estimate of drug-likeness (QED) is 0.761. The Morgan fingerprint density at radius 2 is 1.75 bits per heavy atom. The first-order chi connectivity index (χ1) is 9.76. The smallest absolute Gasteiger partial charge is 0.171 e. The molecule has 100 valence electrons. The molecule has 0 fully saturated rings. The molecule has 2 rings (SSSR count). The van der Waals surface area contributed by atoms with Gasteiger partial charge in [0.05, 0.1) is 12.0 Å². The number of hydrogen-bond donors (Lipinski definition) is 0. The van der Waals surface area contributed by atoms with Gasteiger partial charge in [0.15, 0.2) is 5.78 Å². The second kappa shape index (κ2) is 6.68. The van der Waals surface area contributed by atoms with E-state index in [2.05, 4.69) is 13.0 Å². The Balaban J connectivity index is 2.29. The predicted molar refractivity (Wildman–Crippen MR) is 79.6 cm³/mol. The summed E-state index contributed by atoms with van der Waals surface area (Å²) in [5.41, 5.74) is 2.78. The molecule has 2 aromatic rings. The number of Topliss-reactive ketones (excluding diaryl/α,β-unsaturated/α-hetero) is 1. The van der Waals surface area contributed by atoms with Crippen LogP contribution >= 0.6 is 0 Å². The van der Waals surface area contributed by atoms with Crippen LogP contribution in [0, 0.1) is 11.3 Å². The van der Waals surface area contributed by atoms with Gasteiger partial charge in [0.2, 0.25) is 0 Å². The maximum absolute atomic E-state index is 12.6. The van der Waals surface area contributed by atoms with Crippen LogP contribution in [0.5, 0.6) is 0 Å². The fourth-order valence-electron chi connectivity index (χ4n) is 2.24. The van der Waals surface area contributed by atoms with E-state index in [1.54, 1.807) is 0 Å². The lowest BCUT2D eigenvalue weighted by Gasteiger charge is -2.13. The molecular formula is C18H17NO. The number of rotatable bonds is 5. The molecule has 2 aromatic carbocycles. The van der Waals surface area contributed by atoms with Crippen LogP contribution < -0.4 is 0 Å². The number of benzene rings is 2. The van der Waals surface area contributed by atoms with E-state index < -0.39 is 0 Å². The largest absolute Gasteiger partial charge is 0.293 e. The van der Waals surface area contributed by atoms with Gasteiger partial charge in [0, 0.05) is 12.0 Å². The topological polar surface area (TPSA) is 40.9 Å². The first kappa shape index (κ1) is 14.0. The second-order valence-electron chi connectivity index (χ2n) is 4.74. The van der Waals surface area contributed by atoms with Gasteiger partial charge in [-0.2, -0.15) is 5.26 Å². The number of ketones is 1. The summed E-state index contributed by atoms with van der Waals surface area (Å²) in [6.07, 6.45) is 1.16. The number of carbonyl (C=O) groups excluding carboxylic acids is 1. The van der Waals surface area contributed by atoms with Crippen LogP contribution in [0.25, 0.3) is 0 Å². The summed E-state index contributed by atoms with van der Waals surface area (Å²) >= 11 is 0. The first-order valence-corrected chi connectivity index (χ1v) is 6.81. The summed E-state index contributed by atoms with van der Waals surface area (Å²) in [7, 11) is 0. The molecule has 20 heavy (non-hydrogen) atoms. The van der Waals surface area contributed by atoms with Crippen LogP contribution in [0.15, 0.2) is 54.6 Å². The van der Waals surface area contributed by atoms with Crippen molar-refractivity contribution in [3.8, 4) is 6.07 Å². The maximum atomic E-state index is 12.6. The van der Waals surface area contributed by atoms with Gasteiger partial charge < -0.3 is 0 Å². The zero-order valence-corrected chi connectivity index (χ0v) is 11.5. The maximum Gasteiger partial charge on any atom is 0.171 e. The zero-order valence-electron chi connectivity index (χ0n) is 11.5. The van der Waals surface area contributed by atoms with Gasteiger partial charge in [-0.1, -0.05) is 61.5 Å². The second-order valence-corrected chi connectivity index (χ2v) is 4.74. The van der Waals surface area contributed by atoms with Crippen molar-refractivity contribution in [2.45, 2.75) is 25.7 Å². The van der Waals surface area contributed by atoms with Crippen molar-refractivity contribution >= 4 is 5.78 Å². The summed E-state index contributed by atoms with van der Waals surface area (Å²) in [5, 5.41) is 8.97. The molecule has 0 heterocycles. The molecule has 2 heteroatoms. The lowest BCUT2D eigenvalue weighted by Crippen LogP contribution is -2.12. The van der Waals surface area contributed by atoms with Gasteiger partial charge in [0.1, 0.15) is 0 Å². The molecule has 0 aliphatic carbocycles. The van der Waals surface area contributed by atoms with E-state index in [1.165, 1.54) is 5.56 Å². The van der Waals surface area contributed by atoms with Crippen molar-refractivity contribution < 1.29 is 4.79 Å². The predicted octanol–water partition coefficient (Wildman–Crippen LogP) is 4.13. The third kappa shape index (κ3) is 3.13. The van der Waals surface area contributed by atoms with E-state index in [0.29, 0.717) is 5.56 Å². The van der Waals surface area contributed by atoms with Crippen molar-refractivity contribution in [2.24, 2.45) is 0 Å². The third-order valence-corrected chi connectivity index (χ3v) is 3.46. The van der Waals surface area contributed by atoms with Crippen LogP contribution in [-0.2, 0) is 6.42 Å². The molecule has 0 radical (unpaired) electrons. The van der Waals surface area contributed by atoms with E-state index in [-0.39, 0.29) is 18.1 Å². The molecule has 0 aliphatic heterocycles. The summed E-state index contributed by atoms with van der Waals surface area (Å²) in [4.78, 5) is 12.6. The van der Waals surface area contributed by atoms with E-state index in [0.717, 1.165) is 12.0 Å². The molecule has 0 N–H and O–H groups in total. The van der Waals surface area contributed by atoms with Gasteiger partial charge >= 0.3 is 0 Å². The lowest BCUT2D eigenvalue weighted by molar-refractivity contribution is 0.0960. The molecule has 0 amide bonds. The van der Waals surface area contributed by atoms with Gasteiger partial charge in [-0.15, -0.1) is 0 Å². The Hall–Kier alpha value is -2.40. The molecular weight excluding hydrogens is 246 g/mol. The highest BCUT2D eigenvalue weighted by Gasteiger charge is 2.21. The van der Waals surface area contributed by atoms with E-state index in [9.17, 15) is 4.79 Å². The molecule has 0 saturated heterocycles. The van der Waals surface area contributed by atoms with E-state index >= 15 is 0 Å². The Morgan fingerprint density at radius 1 is 1.10 bits per heavy atom. The molecule has 1 atom stereocenters.